The number of hydrogen-bond donors (Lipinski definition) is 1. The van der Waals surface area contributed by atoms with Crippen molar-refractivity contribution in [3.8, 4) is 11.3 Å². The molecule has 0 spiro atoms. The van der Waals surface area contributed by atoms with Crippen molar-refractivity contribution in [2.75, 3.05) is 11.9 Å². The first-order valence-corrected chi connectivity index (χ1v) is 10.6. The molecule has 2 fully saturated rings. The van der Waals surface area contributed by atoms with Gasteiger partial charge in [-0.15, -0.1) is 11.3 Å². The molecule has 1 saturated heterocycles. The van der Waals surface area contributed by atoms with Crippen LogP contribution < -0.4 is 5.32 Å². The lowest BCUT2D eigenvalue weighted by Crippen LogP contribution is -2.38. The second-order valence-electron chi connectivity index (χ2n) is 6.86. The average molecular weight is 448 g/mol. The number of rotatable bonds is 4. The van der Waals surface area contributed by atoms with Gasteiger partial charge in [0.05, 0.1) is 17.5 Å². The lowest BCUT2D eigenvalue weighted by Gasteiger charge is -2.19. The maximum absolute atomic E-state index is 12.5. The van der Waals surface area contributed by atoms with Crippen molar-refractivity contribution in [2.24, 2.45) is 11.8 Å². The molecule has 1 aliphatic carbocycles. The van der Waals surface area contributed by atoms with E-state index in [0.29, 0.717) is 5.13 Å². The van der Waals surface area contributed by atoms with Crippen LogP contribution in [0.3, 0.4) is 0 Å². The maximum Gasteiger partial charge on any atom is 0.246 e. The molecule has 27 heavy (non-hydrogen) atoms. The Bertz CT molecular complexity index is 889. The van der Waals surface area contributed by atoms with Gasteiger partial charge in [-0.05, 0) is 25.0 Å². The average Bonchev–Trinajstić information content (AvgIpc) is 3.21. The Balaban J connectivity index is 1.41. The van der Waals surface area contributed by atoms with Gasteiger partial charge in [0.2, 0.25) is 17.7 Å². The summed E-state index contributed by atoms with van der Waals surface area (Å²) in [6, 6.07) is 7.74. The maximum atomic E-state index is 12.5. The van der Waals surface area contributed by atoms with Crippen LogP contribution in [0.4, 0.5) is 5.13 Å². The predicted octanol–water partition coefficient (Wildman–Crippen LogP) is 3.69. The molecule has 1 aromatic heterocycles. The summed E-state index contributed by atoms with van der Waals surface area (Å²) >= 11 is 4.74. The quantitative estimate of drug-likeness (QED) is 0.724. The highest BCUT2D eigenvalue weighted by Crippen LogP contribution is 2.38. The van der Waals surface area contributed by atoms with Crippen molar-refractivity contribution in [3.05, 3.63) is 34.1 Å². The van der Waals surface area contributed by atoms with Crippen LogP contribution >= 0.6 is 27.3 Å². The summed E-state index contributed by atoms with van der Waals surface area (Å²) in [5.41, 5.74) is 1.70. The van der Waals surface area contributed by atoms with Crippen molar-refractivity contribution in [1.29, 1.82) is 0 Å². The fourth-order valence-electron chi connectivity index (χ4n) is 3.80. The van der Waals surface area contributed by atoms with E-state index < -0.39 is 5.91 Å². The highest BCUT2D eigenvalue weighted by atomic mass is 79.9. The highest BCUT2D eigenvalue weighted by Gasteiger charge is 2.48. The molecule has 2 atom stereocenters. The Hall–Kier alpha value is -2.06. The Morgan fingerprint density at radius 1 is 1.22 bits per heavy atom. The zero-order chi connectivity index (χ0) is 19.0. The summed E-state index contributed by atoms with van der Waals surface area (Å²) in [6.07, 6.45) is 3.43. The SMILES string of the molecule is O=C(CN1C(=O)C2CCCCC2C1=O)Nc1nc(-c2cccc(Br)c2)cs1. The summed E-state index contributed by atoms with van der Waals surface area (Å²) in [7, 11) is 0. The topological polar surface area (TPSA) is 79.4 Å². The summed E-state index contributed by atoms with van der Waals surface area (Å²) in [4.78, 5) is 42.8. The van der Waals surface area contributed by atoms with E-state index >= 15 is 0 Å². The van der Waals surface area contributed by atoms with Gasteiger partial charge >= 0.3 is 0 Å². The van der Waals surface area contributed by atoms with E-state index in [1.54, 1.807) is 0 Å². The fourth-order valence-corrected chi connectivity index (χ4v) is 4.94. The standard InChI is InChI=1S/C19H18BrN3O3S/c20-12-5-3-4-11(8-12)15-10-27-19(21-15)22-16(24)9-23-17(25)13-6-1-2-7-14(13)18(23)26/h3-5,8,10,13-14H,1-2,6-7,9H2,(H,21,22,24). The van der Waals surface area contributed by atoms with Crippen molar-refractivity contribution >= 4 is 50.1 Å². The third-order valence-electron chi connectivity index (χ3n) is 5.11. The number of hydrogen-bond acceptors (Lipinski definition) is 5. The molecule has 0 bridgehead atoms. The number of anilines is 1. The van der Waals surface area contributed by atoms with E-state index in [-0.39, 0.29) is 30.2 Å². The van der Waals surface area contributed by atoms with Crippen LogP contribution in [-0.4, -0.2) is 34.2 Å². The van der Waals surface area contributed by atoms with E-state index in [1.807, 2.05) is 29.6 Å². The monoisotopic (exact) mass is 447 g/mol. The number of thiazole rings is 1. The third kappa shape index (κ3) is 3.68. The van der Waals surface area contributed by atoms with Crippen LogP contribution in [-0.2, 0) is 14.4 Å². The van der Waals surface area contributed by atoms with Gasteiger partial charge in [0.25, 0.3) is 0 Å². The number of imide groups is 1. The number of nitrogens with zero attached hydrogens (tertiary/aromatic N) is 2. The van der Waals surface area contributed by atoms with Gasteiger partial charge in [0.1, 0.15) is 6.54 Å². The normalized spacial score (nSPS) is 22.0. The Morgan fingerprint density at radius 2 is 1.93 bits per heavy atom. The number of benzene rings is 1. The zero-order valence-corrected chi connectivity index (χ0v) is 16.9. The summed E-state index contributed by atoms with van der Waals surface area (Å²) < 4.78 is 0.950. The minimum Gasteiger partial charge on any atom is -0.300 e. The van der Waals surface area contributed by atoms with E-state index in [0.717, 1.165) is 46.3 Å². The van der Waals surface area contributed by atoms with Gasteiger partial charge in [-0.25, -0.2) is 4.98 Å². The van der Waals surface area contributed by atoms with Crippen molar-refractivity contribution < 1.29 is 14.4 Å². The molecule has 4 rings (SSSR count). The molecule has 3 amide bonds. The lowest BCUT2D eigenvalue weighted by molar-refractivity contribution is -0.142. The Labute approximate surface area is 169 Å². The van der Waals surface area contributed by atoms with Crippen LogP contribution in [0.5, 0.6) is 0 Å². The van der Waals surface area contributed by atoms with Crippen molar-refractivity contribution in [2.45, 2.75) is 25.7 Å². The number of fused-ring (bicyclic) bond motifs is 1. The van der Waals surface area contributed by atoms with Crippen LogP contribution in [0, 0.1) is 11.8 Å². The minimum atomic E-state index is -0.398. The molecule has 2 aromatic rings. The molecule has 2 unspecified atom stereocenters. The van der Waals surface area contributed by atoms with Crippen molar-refractivity contribution in [3.63, 3.8) is 0 Å². The molecular weight excluding hydrogens is 430 g/mol. The first-order chi connectivity index (χ1) is 13.0. The Morgan fingerprint density at radius 3 is 2.59 bits per heavy atom. The lowest BCUT2D eigenvalue weighted by atomic mass is 9.81. The van der Waals surface area contributed by atoms with Gasteiger partial charge in [-0.3, -0.25) is 19.3 Å². The van der Waals surface area contributed by atoms with Gasteiger partial charge < -0.3 is 5.32 Å². The minimum absolute atomic E-state index is 0.200. The number of nitrogens with one attached hydrogen (secondary N) is 1. The second kappa shape index (κ2) is 7.52. The van der Waals surface area contributed by atoms with Crippen LogP contribution in [0.2, 0.25) is 0 Å². The number of amides is 3. The summed E-state index contributed by atoms with van der Waals surface area (Å²) in [5, 5.41) is 5.02. The number of carbonyl (C=O) groups excluding carboxylic acids is 3. The fraction of sp³-hybridized carbons (Fsp3) is 0.368. The number of carbonyl (C=O) groups is 3. The number of likely N-dealkylation sites (tertiary alicyclic amines) is 1. The smallest absolute Gasteiger partial charge is 0.246 e. The molecule has 2 aliphatic rings. The first-order valence-electron chi connectivity index (χ1n) is 8.89. The summed E-state index contributed by atoms with van der Waals surface area (Å²) in [6.45, 7) is -0.240. The van der Waals surface area contributed by atoms with E-state index in [9.17, 15) is 14.4 Å². The van der Waals surface area contributed by atoms with E-state index in [4.69, 9.17) is 0 Å². The second-order valence-corrected chi connectivity index (χ2v) is 8.63. The van der Waals surface area contributed by atoms with E-state index in [2.05, 4.69) is 26.2 Å². The molecule has 1 aliphatic heterocycles. The molecular formula is C19H18BrN3O3S. The molecule has 0 radical (unpaired) electrons. The van der Waals surface area contributed by atoms with Gasteiger partial charge in [-0.2, -0.15) is 0 Å². The predicted molar refractivity (Wildman–Crippen MR) is 106 cm³/mol. The van der Waals surface area contributed by atoms with E-state index in [1.165, 1.54) is 11.3 Å². The van der Waals surface area contributed by atoms with Crippen LogP contribution in [0.15, 0.2) is 34.1 Å². The molecule has 6 nitrogen and oxygen atoms in total. The molecule has 1 aromatic carbocycles. The van der Waals surface area contributed by atoms with Crippen molar-refractivity contribution in [1.82, 2.24) is 9.88 Å². The third-order valence-corrected chi connectivity index (χ3v) is 6.36. The Kier molecular flexibility index (Phi) is 5.10. The van der Waals surface area contributed by atoms with Crippen LogP contribution in [0.1, 0.15) is 25.7 Å². The number of halogens is 1. The molecule has 2 heterocycles. The number of aromatic nitrogens is 1. The summed E-state index contributed by atoms with van der Waals surface area (Å²) in [5.74, 6) is -1.27. The molecule has 8 heteroatoms. The highest BCUT2D eigenvalue weighted by molar-refractivity contribution is 9.10. The zero-order valence-electron chi connectivity index (χ0n) is 14.5. The van der Waals surface area contributed by atoms with Gasteiger partial charge in [-0.1, -0.05) is 40.9 Å². The molecule has 140 valence electrons. The largest absolute Gasteiger partial charge is 0.300 e. The molecule has 1 N–H and O–H groups in total. The van der Waals surface area contributed by atoms with Crippen LogP contribution in [0.25, 0.3) is 11.3 Å². The van der Waals surface area contributed by atoms with Gasteiger partial charge in [0.15, 0.2) is 5.13 Å². The molecule has 1 saturated carbocycles. The van der Waals surface area contributed by atoms with Gasteiger partial charge in [0, 0.05) is 15.4 Å². The first kappa shape index (κ1) is 18.3.